The van der Waals surface area contributed by atoms with Crippen molar-refractivity contribution in [1.82, 2.24) is 0 Å². The molecule has 4 heteroatoms. The quantitative estimate of drug-likeness (QED) is 0.672. The summed E-state index contributed by atoms with van der Waals surface area (Å²) in [5.41, 5.74) is 0.379. The lowest BCUT2D eigenvalue weighted by Crippen LogP contribution is -2.26. The molecule has 0 heterocycles. The Morgan fingerprint density at radius 1 is 1.53 bits per heavy atom. The average Bonchev–Trinajstić information content (AvgIpc) is 2.19. The van der Waals surface area contributed by atoms with Crippen LogP contribution in [0.5, 0.6) is 0 Å². The van der Waals surface area contributed by atoms with Gasteiger partial charge in [0.1, 0.15) is 0 Å². The smallest absolute Gasteiger partial charge is 0.337 e. The number of rotatable bonds is 4. The lowest BCUT2D eigenvalue weighted by Gasteiger charge is -2.22. The molecule has 1 aliphatic carbocycles. The van der Waals surface area contributed by atoms with E-state index < -0.39 is 11.8 Å². The topological polar surface area (TPSA) is 35.5 Å². The molecule has 15 heavy (non-hydrogen) atoms. The van der Waals surface area contributed by atoms with E-state index in [0.717, 1.165) is 0 Å². The number of hydrogen-bond acceptors (Lipinski definition) is 3. The van der Waals surface area contributed by atoms with Crippen molar-refractivity contribution in [3.05, 3.63) is 23.8 Å². The summed E-state index contributed by atoms with van der Waals surface area (Å²) in [7, 11) is 0. The van der Waals surface area contributed by atoms with Crippen LogP contribution in [-0.4, -0.2) is 25.0 Å². The van der Waals surface area contributed by atoms with E-state index in [1.165, 1.54) is 18.2 Å². The first-order valence-corrected chi connectivity index (χ1v) is 5.00. The molecule has 84 valence electrons. The molecule has 0 saturated carbocycles. The predicted octanol–water partition coefficient (Wildman–Crippen LogP) is 2.14. The van der Waals surface area contributed by atoms with Gasteiger partial charge in [0.25, 0.3) is 0 Å². The van der Waals surface area contributed by atoms with Crippen LogP contribution in [0, 0.1) is 0 Å². The van der Waals surface area contributed by atoms with Gasteiger partial charge in [-0.25, -0.2) is 9.18 Å². The van der Waals surface area contributed by atoms with Gasteiger partial charge < -0.3 is 9.47 Å². The van der Waals surface area contributed by atoms with Gasteiger partial charge in [0.2, 0.25) is 5.85 Å². The number of carbonyl (C=O) groups is 1. The third-order valence-corrected chi connectivity index (χ3v) is 2.01. The Bertz CT molecular complexity index is 296. The highest BCUT2D eigenvalue weighted by molar-refractivity contribution is 5.91. The van der Waals surface area contributed by atoms with Crippen LogP contribution in [0.4, 0.5) is 4.39 Å². The van der Waals surface area contributed by atoms with Crippen molar-refractivity contribution < 1.29 is 18.7 Å². The van der Waals surface area contributed by atoms with Crippen molar-refractivity contribution in [3.8, 4) is 0 Å². The zero-order valence-corrected chi connectivity index (χ0v) is 8.96. The van der Waals surface area contributed by atoms with E-state index in [2.05, 4.69) is 0 Å². The fraction of sp³-hybridized carbons (Fsp3) is 0.545. The molecule has 0 aliphatic heterocycles. The zero-order chi connectivity index (χ0) is 11.3. The van der Waals surface area contributed by atoms with Crippen LogP contribution in [-0.2, 0) is 14.3 Å². The molecule has 1 aliphatic rings. The first-order valence-electron chi connectivity index (χ1n) is 5.00. The van der Waals surface area contributed by atoms with Gasteiger partial charge in [-0.05, 0) is 26.0 Å². The van der Waals surface area contributed by atoms with Crippen LogP contribution in [0.2, 0.25) is 0 Å². The van der Waals surface area contributed by atoms with Crippen LogP contribution in [0.15, 0.2) is 23.8 Å². The van der Waals surface area contributed by atoms with Crippen LogP contribution >= 0.6 is 0 Å². The maximum Gasteiger partial charge on any atom is 0.337 e. The lowest BCUT2D eigenvalue weighted by molar-refractivity contribution is -0.138. The Hall–Kier alpha value is -1.16. The molecule has 0 saturated heterocycles. The number of carbonyl (C=O) groups excluding carboxylic acids is 1. The average molecular weight is 214 g/mol. The second-order valence-corrected chi connectivity index (χ2v) is 3.14. The van der Waals surface area contributed by atoms with E-state index in [4.69, 9.17) is 9.47 Å². The third kappa shape index (κ3) is 3.16. The van der Waals surface area contributed by atoms with Crippen molar-refractivity contribution in [3.63, 3.8) is 0 Å². The van der Waals surface area contributed by atoms with Crippen LogP contribution in [0.3, 0.4) is 0 Å². The number of alkyl halides is 1. The highest BCUT2D eigenvalue weighted by Gasteiger charge is 2.29. The van der Waals surface area contributed by atoms with Crippen molar-refractivity contribution in [1.29, 1.82) is 0 Å². The van der Waals surface area contributed by atoms with Crippen molar-refractivity contribution >= 4 is 5.97 Å². The highest BCUT2D eigenvalue weighted by atomic mass is 19.2. The Balaban J connectivity index is 2.60. The van der Waals surface area contributed by atoms with Gasteiger partial charge in [0, 0.05) is 13.0 Å². The summed E-state index contributed by atoms with van der Waals surface area (Å²) < 4.78 is 23.4. The summed E-state index contributed by atoms with van der Waals surface area (Å²) in [6, 6.07) is 0. The highest BCUT2D eigenvalue weighted by Crippen LogP contribution is 2.26. The summed E-state index contributed by atoms with van der Waals surface area (Å²) in [4.78, 5) is 11.3. The Morgan fingerprint density at radius 2 is 2.27 bits per heavy atom. The summed E-state index contributed by atoms with van der Waals surface area (Å²) in [6.07, 6.45) is 4.19. The maximum atomic E-state index is 13.7. The molecule has 0 spiro atoms. The van der Waals surface area contributed by atoms with E-state index in [9.17, 15) is 9.18 Å². The number of esters is 1. The third-order valence-electron chi connectivity index (χ3n) is 2.01. The normalized spacial score (nSPS) is 24.9. The summed E-state index contributed by atoms with van der Waals surface area (Å²) >= 11 is 0. The summed E-state index contributed by atoms with van der Waals surface area (Å²) in [5.74, 6) is -2.20. The van der Waals surface area contributed by atoms with Gasteiger partial charge in [-0.2, -0.15) is 0 Å². The van der Waals surface area contributed by atoms with E-state index >= 15 is 0 Å². The molecule has 1 atom stereocenters. The first-order chi connectivity index (χ1) is 7.11. The molecule has 1 unspecified atom stereocenters. The number of hydrogen-bond donors (Lipinski definition) is 0. The number of ether oxygens (including phenoxy) is 2. The minimum absolute atomic E-state index is 0.0471. The van der Waals surface area contributed by atoms with Crippen LogP contribution in [0.1, 0.15) is 20.3 Å². The van der Waals surface area contributed by atoms with Crippen LogP contribution < -0.4 is 0 Å². The van der Waals surface area contributed by atoms with Crippen molar-refractivity contribution in [2.24, 2.45) is 0 Å². The molecular formula is C11H15FO3. The SMILES string of the molecule is CCOC(=O)C1=CCC(F)(OCC)C=C1. The summed E-state index contributed by atoms with van der Waals surface area (Å²) in [5, 5.41) is 0. The molecule has 0 fully saturated rings. The lowest BCUT2D eigenvalue weighted by atomic mass is 10.0. The molecule has 0 aromatic carbocycles. The molecule has 3 nitrogen and oxygen atoms in total. The molecule has 0 N–H and O–H groups in total. The molecule has 0 aromatic rings. The zero-order valence-electron chi connectivity index (χ0n) is 8.96. The van der Waals surface area contributed by atoms with Gasteiger partial charge in [-0.3, -0.25) is 0 Å². The van der Waals surface area contributed by atoms with E-state index in [-0.39, 0.29) is 6.42 Å². The van der Waals surface area contributed by atoms with Gasteiger partial charge in [-0.15, -0.1) is 0 Å². The second-order valence-electron chi connectivity index (χ2n) is 3.14. The van der Waals surface area contributed by atoms with Gasteiger partial charge in [0.15, 0.2) is 0 Å². The van der Waals surface area contributed by atoms with E-state index in [1.54, 1.807) is 13.8 Å². The minimum Gasteiger partial charge on any atom is -0.462 e. The molecule has 1 rings (SSSR count). The molecule has 0 radical (unpaired) electrons. The first kappa shape index (κ1) is 11.9. The second kappa shape index (κ2) is 5.07. The fourth-order valence-corrected chi connectivity index (χ4v) is 1.31. The summed E-state index contributed by atoms with van der Waals surface area (Å²) in [6.45, 7) is 4.06. The number of halogens is 1. The predicted molar refractivity (Wildman–Crippen MR) is 53.9 cm³/mol. The Labute approximate surface area is 88.6 Å². The standard InChI is InChI=1S/C11H15FO3/c1-3-14-10(13)9-5-7-11(12,8-6-9)15-4-2/h5-7H,3-4,8H2,1-2H3. The van der Waals surface area contributed by atoms with Gasteiger partial charge in [-0.1, -0.05) is 6.08 Å². The molecule has 0 amide bonds. The van der Waals surface area contributed by atoms with Crippen molar-refractivity contribution in [2.75, 3.05) is 13.2 Å². The van der Waals surface area contributed by atoms with Gasteiger partial charge in [0.05, 0.1) is 12.2 Å². The largest absolute Gasteiger partial charge is 0.462 e. The molecule has 0 aromatic heterocycles. The monoisotopic (exact) mass is 214 g/mol. The minimum atomic E-state index is -1.77. The molecule has 0 bridgehead atoms. The van der Waals surface area contributed by atoms with Crippen molar-refractivity contribution in [2.45, 2.75) is 26.1 Å². The molecular weight excluding hydrogens is 199 g/mol. The van der Waals surface area contributed by atoms with Gasteiger partial charge >= 0.3 is 5.97 Å². The van der Waals surface area contributed by atoms with Crippen LogP contribution in [0.25, 0.3) is 0 Å². The Morgan fingerprint density at radius 3 is 2.73 bits per heavy atom. The fourth-order valence-electron chi connectivity index (χ4n) is 1.31. The Kier molecular flexibility index (Phi) is 4.03. The van der Waals surface area contributed by atoms with E-state index in [0.29, 0.717) is 18.8 Å². The van der Waals surface area contributed by atoms with E-state index in [1.807, 2.05) is 0 Å². The maximum absolute atomic E-state index is 13.7.